The number of hydrogen-bond acceptors (Lipinski definition) is 1. The van der Waals surface area contributed by atoms with E-state index in [1.54, 1.807) is 0 Å². The molecule has 0 radical (unpaired) electrons. The van der Waals surface area contributed by atoms with Crippen molar-refractivity contribution in [3.05, 3.63) is 27.7 Å². The Morgan fingerprint density at radius 1 is 1.43 bits per heavy atom. The lowest BCUT2D eigenvalue weighted by molar-refractivity contribution is 0.607. The summed E-state index contributed by atoms with van der Waals surface area (Å²) in [4.78, 5) is 0. The van der Waals surface area contributed by atoms with Crippen LogP contribution in [0.2, 0.25) is 5.02 Å². The Balaban J connectivity index is 2.51. The van der Waals surface area contributed by atoms with Gasteiger partial charge in [-0.25, -0.2) is 0 Å². The normalized spacial score (nSPS) is 10.6. The molecule has 78 valence electrons. The summed E-state index contributed by atoms with van der Waals surface area (Å²) in [6, 6.07) is 5.88. The number of benzene rings is 1. The number of rotatable bonds is 4. The zero-order valence-corrected chi connectivity index (χ0v) is 10.8. The summed E-state index contributed by atoms with van der Waals surface area (Å²) in [6.07, 6.45) is 1.16. The third-order valence-corrected chi connectivity index (χ3v) is 2.77. The van der Waals surface area contributed by atoms with Crippen LogP contribution in [0.1, 0.15) is 20.3 Å². The van der Waals surface area contributed by atoms with Crippen LogP contribution >= 0.6 is 27.5 Å². The molecule has 1 rings (SSSR count). The highest BCUT2D eigenvalue weighted by molar-refractivity contribution is 9.10. The summed E-state index contributed by atoms with van der Waals surface area (Å²) < 4.78 is 1.01. The van der Waals surface area contributed by atoms with Gasteiger partial charge in [-0.2, -0.15) is 0 Å². The molecule has 1 aromatic rings. The van der Waals surface area contributed by atoms with Crippen LogP contribution in [0.4, 0.5) is 5.69 Å². The highest BCUT2D eigenvalue weighted by atomic mass is 79.9. The highest BCUT2D eigenvalue weighted by Gasteiger charge is 2.00. The molecule has 0 aliphatic heterocycles. The third-order valence-electron chi connectivity index (χ3n) is 1.97. The Bertz CT molecular complexity index is 299. The second-order valence-electron chi connectivity index (χ2n) is 3.73. The molecule has 0 unspecified atom stereocenters. The maximum Gasteiger partial charge on any atom is 0.0648 e. The number of hydrogen-bond donors (Lipinski definition) is 1. The summed E-state index contributed by atoms with van der Waals surface area (Å²) in [5, 5.41) is 4.09. The van der Waals surface area contributed by atoms with Crippen molar-refractivity contribution in [3.63, 3.8) is 0 Å². The molecule has 14 heavy (non-hydrogen) atoms. The van der Waals surface area contributed by atoms with E-state index in [0.29, 0.717) is 0 Å². The van der Waals surface area contributed by atoms with Gasteiger partial charge < -0.3 is 5.32 Å². The summed E-state index contributed by atoms with van der Waals surface area (Å²) in [7, 11) is 0. The van der Waals surface area contributed by atoms with Gasteiger partial charge in [-0.3, -0.25) is 0 Å². The van der Waals surface area contributed by atoms with Crippen LogP contribution in [0.25, 0.3) is 0 Å². The molecule has 0 bridgehead atoms. The number of nitrogens with one attached hydrogen (secondary N) is 1. The van der Waals surface area contributed by atoms with Gasteiger partial charge >= 0.3 is 0 Å². The molecule has 0 spiro atoms. The number of anilines is 1. The molecule has 1 aromatic carbocycles. The van der Waals surface area contributed by atoms with Gasteiger partial charge in [0, 0.05) is 11.0 Å². The molecule has 0 heterocycles. The molecule has 3 heteroatoms. The van der Waals surface area contributed by atoms with Crippen molar-refractivity contribution in [1.29, 1.82) is 0 Å². The van der Waals surface area contributed by atoms with E-state index in [0.717, 1.165) is 34.1 Å². The molecule has 0 aromatic heterocycles. The van der Waals surface area contributed by atoms with Gasteiger partial charge in [0.05, 0.1) is 10.7 Å². The van der Waals surface area contributed by atoms with Gasteiger partial charge in [0.1, 0.15) is 0 Å². The fraction of sp³-hybridized carbons (Fsp3) is 0.455. The first kappa shape index (κ1) is 11.9. The second-order valence-corrected chi connectivity index (χ2v) is 5.06. The minimum atomic E-state index is 0.719. The van der Waals surface area contributed by atoms with Crippen LogP contribution in [-0.4, -0.2) is 6.54 Å². The molecular formula is C11H15BrClN. The zero-order valence-electron chi connectivity index (χ0n) is 8.48. The van der Waals surface area contributed by atoms with Gasteiger partial charge in [-0.1, -0.05) is 41.4 Å². The predicted molar refractivity (Wildman–Crippen MR) is 67.1 cm³/mol. The van der Waals surface area contributed by atoms with Crippen molar-refractivity contribution >= 4 is 33.2 Å². The fourth-order valence-electron chi connectivity index (χ4n) is 1.13. The lowest BCUT2D eigenvalue weighted by Gasteiger charge is -2.09. The van der Waals surface area contributed by atoms with Crippen molar-refractivity contribution in [2.45, 2.75) is 20.3 Å². The quantitative estimate of drug-likeness (QED) is 0.850. The summed E-state index contributed by atoms with van der Waals surface area (Å²) in [5.74, 6) is 0.719. The second kappa shape index (κ2) is 5.62. The van der Waals surface area contributed by atoms with Crippen LogP contribution in [-0.2, 0) is 0 Å². The summed E-state index contributed by atoms with van der Waals surface area (Å²) >= 11 is 9.43. The average molecular weight is 277 g/mol. The van der Waals surface area contributed by atoms with E-state index >= 15 is 0 Å². The predicted octanol–water partition coefficient (Wildman–Crippen LogP) is 4.56. The van der Waals surface area contributed by atoms with Gasteiger partial charge in [0.15, 0.2) is 0 Å². The first-order chi connectivity index (χ1) is 6.59. The van der Waals surface area contributed by atoms with E-state index in [4.69, 9.17) is 11.6 Å². The average Bonchev–Trinajstić information content (AvgIpc) is 2.08. The molecule has 0 fully saturated rings. The van der Waals surface area contributed by atoms with Gasteiger partial charge in [-0.05, 0) is 30.5 Å². The van der Waals surface area contributed by atoms with E-state index in [1.165, 1.54) is 0 Å². The first-order valence-electron chi connectivity index (χ1n) is 4.78. The summed E-state index contributed by atoms with van der Waals surface area (Å²) in [5.41, 5.74) is 1.01. The van der Waals surface area contributed by atoms with Crippen molar-refractivity contribution in [1.82, 2.24) is 0 Å². The standard InChI is InChI=1S/C11H15BrClN/c1-8(2)5-6-14-11-4-3-9(12)7-10(11)13/h3-4,7-8,14H,5-6H2,1-2H3. The maximum atomic E-state index is 6.05. The Morgan fingerprint density at radius 3 is 2.71 bits per heavy atom. The minimum absolute atomic E-state index is 0.719. The lowest BCUT2D eigenvalue weighted by atomic mass is 10.1. The van der Waals surface area contributed by atoms with Crippen LogP contribution < -0.4 is 5.32 Å². The van der Waals surface area contributed by atoms with Crippen LogP contribution in [0, 0.1) is 5.92 Å². The number of halogens is 2. The highest BCUT2D eigenvalue weighted by Crippen LogP contribution is 2.25. The molecule has 1 nitrogen and oxygen atoms in total. The molecular weight excluding hydrogens is 261 g/mol. The van der Waals surface area contributed by atoms with E-state index in [1.807, 2.05) is 18.2 Å². The lowest BCUT2D eigenvalue weighted by Crippen LogP contribution is -2.04. The van der Waals surface area contributed by atoms with Crippen molar-refractivity contribution in [2.75, 3.05) is 11.9 Å². The van der Waals surface area contributed by atoms with Crippen LogP contribution in [0.15, 0.2) is 22.7 Å². The topological polar surface area (TPSA) is 12.0 Å². The fourth-order valence-corrected chi connectivity index (χ4v) is 1.87. The Labute approximate surface area is 99.0 Å². The zero-order chi connectivity index (χ0) is 10.6. The molecule has 0 aliphatic carbocycles. The summed E-state index contributed by atoms with van der Waals surface area (Å²) in [6.45, 7) is 5.40. The Kier molecular flexibility index (Phi) is 4.76. The Morgan fingerprint density at radius 2 is 2.14 bits per heavy atom. The monoisotopic (exact) mass is 275 g/mol. The van der Waals surface area contributed by atoms with Crippen LogP contribution in [0.5, 0.6) is 0 Å². The first-order valence-corrected chi connectivity index (χ1v) is 5.95. The van der Waals surface area contributed by atoms with Gasteiger partial charge in [-0.15, -0.1) is 0 Å². The SMILES string of the molecule is CC(C)CCNc1ccc(Br)cc1Cl. The smallest absolute Gasteiger partial charge is 0.0648 e. The molecule has 0 saturated carbocycles. The van der Waals surface area contributed by atoms with Crippen molar-refractivity contribution < 1.29 is 0 Å². The van der Waals surface area contributed by atoms with Gasteiger partial charge in [0.2, 0.25) is 0 Å². The Hall–Kier alpha value is -0.210. The van der Waals surface area contributed by atoms with Crippen molar-refractivity contribution in [2.24, 2.45) is 5.92 Å². The van der Waals surface area contributed by atoms with E-state index in [-0.39, 0.29) is 0 Å². The van der Waals surface area contributed by atoms with E-state index in [9.17, 15) is 0 Å². The maximum absolute atomic E-state index is 6.05. The largest absolute Gasteiger partial charge is 0.384 e. The molecule has 0 atom stereocenters. The van der Waals surface area contributed by atoms with Crippen LogP contribution in [0.3, 0.4) is 0 Å². The van der Waals surface area contributed by atoms with Crippen molar-refractivity contribution in [3.8, 4) is 0 Å². The van der Waals surface area contributed by atoms with E-state index < -0.39 is 0 Å². The molecule has 0 amide bonds. The molecule has 1 N–H and O–H groups in total. The van der Waals surface area contributed by atoms with E-state index in [2.05, 4.69) is 35.1 Å². The third kappa shape index (κ3) is 3.89. The molecule has 0 saturated heterocycles. The van der Waals surface area contributed by atoms with Gasteiger partial charge in [0.25, 0.3) is 0 Å². The minimum Gasteiger partial charge on any atom is -0.384 e. The molecule has 0 aliphatic rings.